The molecular weight excluding hydrogens is 366 g/mol. The van der Waals surface area contributed by atoms with E-state index in [2.05, 4.69) is 10.4 Å². The van der Waals surface area contributed by atoms with E-state index in [0.717, 1.165) is 17.0 Å². The Balaban J connectivity index is 1.58. The first-order valence-electron chi connectivity index (χ1n) is 8.44. The molecule has 0 unspecified atom stereocenters. The zero-order valence-corrected chi connectivity index (χ0v) is 15.8. The van der Waals surface area contributed by atoms with Crippen molar-refractivity contribution in [2.24, 2.45) is 0 Å². The minimum Gasteiger partial charge on any atom is -0.497 e. The standard InChI is InChI=1S/C20H20ClN3O3/c1-14(19(25)22-12-15-8-10-17(26-2)11-9-15)27-20-18(21)13-24(23-20)16-6-4-3-5-7-16/h3-11,13-14H,12H2,1-2H3,(H,22,25)/t14-/m0/s1. The predicted molar refractivity (Wildman–Crippen MR) is 104 cm³/mol. The third kappa shape index (κ3) is 4.80. The van der Waals surface area contributed by atoms with Crippen LogP contribution < -0.4 is 14.8 Å². The molecule has 1 amide bonds. The molecule has 3 rings (SSSR count). The van der Waals surface area contributed by atoms with Gasteiger partial charge < -0.3 is 14.8 Å². The molecule has 0 bridgehead atoms. The molecule has 0 radical (unpaired) electrons. The number of hydrogen-bond donors (Lipinski definition) is 1. The van der Waals surface area contributed by atoms with Gasteiger partial charge in [0.25, 0.3) is 11.8 Å². The smallest absolute Gasteiger partial charge is 0.261 e. The van der Waals surface area contributed by atoms with Gasteiger partial charge in [-0.25, -0.2) is 4.68 Å². The van der Waals surface area contributed by atoms with Crippen LogP contribution in [-0.4, -0.2) is 28.9 Å². The fourth-order valence-corrected chi connectivity index (χ4v) is 2.60. The molecule has 0 saturated heterocycles. The van der Waals surface area contributed by atoms with Crippen LogP contribution >= 0.6 is 11.6 Å². The average Bonchev–Trinajstić information content (AvgIpc) is 3.07. The number of nitrogens with zero attached hydrogens (tertiary/aromatic N) is 2. The molecule has 1 N–H and O–H groups in total. The summed E-state index contributed by atoms with van der Waals surface area (Å²) in [6.45, 7) is 2.05. The zero-order chi connectivity index (χ0) is 19.2. The Morgan fingerprint density at radius 3 is 2.56 bits per heavy atom. The lowest BCUT2D eigenvalue weighted by Crippen LogP contribution is -2.36. The SMILES string of the molecule is COc1ccc(CNC(=O)[C@H](C)Oc2nn(-c3ccccc3)cc2Cl)cc1. The highest BCUT2D eigenvalue weighted by atomic mass is 35.5. The summed E-state index contributed by atoms with van der Waals surface area (Å²) in [6, 6.07) is 17.0. The summed E-state index contributed by atoms with van der Waals surface area (Å²) in [5.74, 6) is 0.731. The number of para-hydroxylation sites is 1. The molecule has 0 spiro atoms. The lowest BCUT2D eigenvalue weighted by molar-refractivity contribution is -0.127. The Morgan fingerprint density at radius 2 is 1.89 bits per heavy atom. The van der Waals surface area contributed by atoms with E-state index < -0.39 is 6.10 Å². The van der Waals surface area contributed by atoms with E-state index in [0.29, 0.717) is 11.6 Å². The van der Waals surface area contributed by atoms with Gasteiger partial charge in [0.2, 0.25) is 0 Å². The quantitative estimate of drug-likeness (QED) is 0.674. The molecule has 2 aromatic carbocycles. The molecule has 0 aliphatic heterocycles. The number of carbonyl (C=O) groups is 1. The van der Waals surface area contributed by atoms with E-state index in [-0.39, 0.29) is 11.8 Å². The first-order chi connectivity index (χ1) is 13.1. The van der Waals surface area contributed by atoms with E-state index >= 15 is 0 Å². The number of methoxy groups -OCH3 is 1. The highest BCUT2D eigenvalue weighted by Crippen LogP contribution is 2.25. The van der Waals surface area contributed by atoms with Crippen LogP contribution in [0.3, 0.4) is 0 Å². The molecule has 7 heteroatoms. The van der Waals surface area contributed by atoms with Crippen LogP contribution in [0.2, 0.25) is 5.02 Å². The number of nitrogens with one attached hydrogen (secondary N) is 1. The third-order valence-electron chi connectivity index (χ3n) is 3.94. The molecule has 3 aromatic rings. The van der Waals surface area contributed by atoms with Gasteiger partial charge in [-0.05, 0) is 36.8 Å². The summed E-state index contributed by atoms with van der Waals surface area (Å²) in [4.78, 5) is 12.3. The van der Waals surface area contributed by atoms with Crippen molar-refractivity contribution < 1.29 is 14.3 Å². The fraction of sp³-hybridized carbons (Fsp3) is 0.200. The lowest BCUT2D eigenvalue weighted by atomic mass is 10.2. The molecular formula is C20H20ClN3O3. The average molecular weight is 386 g/mol. The second-order valence-electron chi connectivity index (χ2n) is 5.89. The highest BCUT2D eigenvalue weighted by molar-refractivity contribution is 6.31. The molecule has 27 heavy (non-hydrogen) atoms. The van der Waals surface area contributed by atoms with Crippen LogP contribution in [0.4, 0.5) is 0 Å². The van der Waals surface area contributed by atoms with Gasteiger partial charge in [0.05, 0.1) is 19.0 Å². The van der Waals surface area contributed by atoms with Crippen molar-refractivity contribution in [3.63, 3.8) is 0 Å². The maximum atomic E-state index is 12.3. The summed E-state index contributed by atoms with van der Waals surface area (Å²) < 4.78 is 12.4. The van der Waals surface area contributed by atoms with Crippen LogP contribution in [0.15, 0.2) is 60.8 Å². The fourth-order valence-electron chi connectivity index (χ4n) is 2.43. The number of carbonyl (C=O) groups excluding carboxylic acids is 1. The van der Waals surface area contributed by atoms with Gasteiger partial charge in [-0.2, -0.15) is 0 Å². The van der Waals surface area contributed by atoms with E-state index in [1.807, 2.05) is 54.6 Å². The second kappa shape index (κ2) is 8.60. The van der Waals surface area contributed by atoms with E-state index in [1.54, 1.807) is 24.9 Å². The van der Waals surface area contributed by atoms with E-state index in [1.165, 1.54) is 0 Å². The Bertz CT molecular complexity index is 895. The number of benzene rings is 2. The molecule has 140 valence electrons. The van der Waals surface area contributed by atoms with Gasteiger partial charge in [-0.1, -0.05) is 41.9 Å². The summed E-state index contributed by atoms with van der Waals surface area (Å²) >= 11 is 6.19. The normalized spacial score (nSPS) is 11.7. The summed E-state index contributed by atoms with van der Waals surface area (Å²) in [5, 5.41) is 7.48. The minimum absolute atomic E-state index is 0.215. The topological polar surface area (TPSA) is 65.4 Å². The summed E-state index contributed by atoms with van der Waals surface area (Å²) in [6.07, 6.45) is 0.911. The Labute approximate surface area is 162 Å². The molecule has 6 nitrogen and oxygen atoms in total. The van der Waals surface area contributed by atoms with Crippen molar-refractivity contribution in [1.82, 2.24) is 15.1 Å². The molecule has 0 saturated carbocycles. The largest absolute Gasteiger partial charge is 0.497 e. The molecule has 0 aliphatic rings. The van der Waals surface area contributed by atoms with Crippen molar-refractivity contribution in [3.8, 4) is 17.3 Å². The van der Waals surface area contributed by atoms with E-state index in [9.17, 15) is 4.79 Å². The molecule has 1 heterocycles. The highest BCUT2D eigenvalue weighted by Gasteiger charge is 2.18. The number of aromatic nitrogens is 2. The maximum absolute atomic E-state index is 12.3. The number of ether oxygens (including phenoxy) is 2. The van der Waals surface area contributed by atoms with E-state index in [4.69, 9.17) is 21.1 Å². The van der Waals surface area contributed by atoms with Gasteiger partial charge >= 0.3 is 0 Å². The van der Waals surface area contributed by atoms with Gasteiger partial charge in [-0.3, -0.25) is 4.79 Å². The second-order valence-corrected chi connectivity index (χ2v) is 6.30. The van der Waals surface area contributed by atoms with Gasteiger partial charge in [0.15, 0.2) is 6.10 Å². The van der Waals surface area contributed by atoms with Gasteiger partial charge in [0, 0.05) is 6.54 Å². The van der Waals surface area contributed by atoms with Crippen LogP contribution in [0.25, 0.3) is 5.69 Å². The lowest BCUT2D eigenvalue weighted by Gasteiger charge is -2.13. The Kier molecular flexibility index (Phi) is 5.98. The minimum atomic E-state index is -0.736. The van der Waals surface area contributed by atoms with Crippen molar-refractivity contribution in [2.75, 3.05) is 7.11 Å². The number of hydrogen-bond acceptors (Lipinski definition) is 4. The molecule has 0 aliphatic carbocycles. The molecule has 1 aromatic heterocycles. The monoisotopic (exact) mass is 385 g/mol. The van der Waals surface area contributed by atoms with Crippen molar-refractivity contribution in [3.05, 3.63) is 71.4 Å². The third-order valence-corrected chi connectivity index (χ3v) is 4.20. The molecule has 1 atom stereocenters. The van der Waals surface area contributed by atoms with Gasteiger partial charge in [0.1, 0.15) is 10.8 Å². The zero-order valence-electron chi connectivity index (χ0n) is 15.1. The Hall–Kier alpha value is -2.99. The van der Waals surface area contributed by atoms with Crippen molar-refractivity contribution in [1.29, 1.82) is 0 Å². The molecule has 0 fully saturated rings. The number of halogens is 1. The number of amides is 1. The van der Waals surface area contributed by atoms with Crippen LogP contribution in [0.1, 0.15) is 12.5 Å². The predicted octanol–water partition coefficient (Wildman–Crippen LogP) is 3.62. The van der Waals surface area contributed by atoms with Crippen LogP contribution in [0.5, 0.6) is 11.6 Å². The first kappa shape index (κ1) is 18.8. The van der Waals surface area contributed by atoms with Crippen LogP contribution in [0, 0.1) is 0 Å². The number of rotatable bonds is 7. The summed E-state index contributed by atoms with van der Waals surface area (Å²) in [5.41, 5.74) is 1.81. The van der Waals surface area contributed by atoms with Crippen LogP contribution in [-0.2, 0) is 11.3 Å². The summed E-state index contributed by atoms with van der Waals surface area (Å²) in [7, 11) is 1.61. The van der Waals surface area contributed by atoms with Gasteiger partial charge in [-0.15, -0.1) is 5.10 Å². The van der Waals surface area contributed by atoms with Crippen molar-refractivity contribution in [2.45, 2.75) is 19.6 Å². The first-order valence-corrected chi connectivity index (χ1v) is 8.82. The maximum Gasteiger partial charge on any atom is 0.261 e. The van der Waals surface area contributed by atoms with Crippen molar-refractivity contribution >= 4 is 17.5 Å². The Morgan fingerprint density at radius 1 is 1.19 bits per heavy atom.